The van der Waals surface area contributed by atoms with Gasteiger partial charge in [0.25, 0.3) is 0 Å². The van der Waals surface area contributed by atoms with E-state index in [1.807, 2.05) is 12.1 Å². The van der Waals surface area contributed by atoms with Crippen molar-refractivity contribution in [3.05, 3.63) is 23.8 Å². The second-order valence-electron chi connectivity index (χ2n) is 5.36. The van der Waals surface area contributed by atoms with Crippen LogP contribution in [0.1, 0.15) is 38.3 Å². The van der Waals surface area contributed by atoms with Crippen molar-refractivity contribution in [1.82, 2.24) is 5.32 Å². The molecular formula is C16H25NO2S. The Morgan fingerprint density at radius 1 is 1.35 bits per heavy atom. The standard InChI is InChI=1S/C16H25NO2S/c1-5-17-15(16(2)9-6-10-20-16)13-11-12(18-3)7-8-14(13)19-4/h7-8,11,15,17H,5-6,9-10H2,1-4H3. The molecule has 1 aliphatic rings. The summed E-state index contributed by atoms with van der Waals surface area (Å²) in [5.74, 6) is 3.06. The minimum absolute atomic E-state index is 0.218. The highest BCUT2D eigenvalue weighted by Crippen LogP contribution is 2.48. The number of ether oxygens (including phenoxy) is 2. The molecule has 1 aliphatic heterocycles. The van der Waals surface area contributed by atoms with Crippen LogP contribution in [0.3, 0.4) is 0 Å². The largest absolute Gasteiger partial charge is 0.497 e. The van der Waals surface area contributed by atoms with E-state index in [0.717, 1.165) is 18.0 Å². The second kappa shape index (κ2) is 6.72. The molecule has 0 amide bonds. The molecule has 2 unspecified atom stereocenters. The van der Waals surface area contributed by atoms with Gasteiger partial charge in [-0.2, -0.15) is 11.8 Å². The normalized spacial score (nSPS) is 23.6. The number of thioether (sulfide) groups is 1. The molecule has 2 rings (SSSR count). The van der Waals surface area contributed by atoms with Crippen molar-refractivity contribution >= 4 is 11.8 Å². The average molecular weight is 295 g/mol. The molecule has 1 fully saturated rings. The van der Waals surface area contributed by atoms with Gasteiger partial charge >= 0.3 is 0 Å². The molecule has 0 bridgehead atoms. The highest BCUT2D eigenvalue weighted by molar-refractivity contribution is 8.00. The predicted molar refractivity (Wildman–Crippen MR) is 86.1 cm³/mol. The van der Waals surface area contributed by atoms with Gasteiger partial charge in [-0.05, 0) is 50.3 Å². The monoisotopic (exact) mass is 295 g/mol. The van der Waals surface area contributed by atoms with Crippen LogP contribution in [0.5, 0.6) is 11.5 Å². The first-order valence-corrected chi connectivity index (χ1v) is 8.22. The van der Waals surface area contributed by atoms with Crippen molar-refractivity contribution in [2.24, 2.45) is 0 Å². The van der Waals surface area contributed by atoms with E-state index in [9.17, 15) is 0 Å². The third kappa shape index (κ3) is 3.07. The first kappa shape index (κ1) is 15.5. The van der Waals surface area contributed by atoms with E-state index in [1.54, 1.807) is 14.2 Å². The molecule has 1 heterocycles. The molecule has 0 aromatic heterocycles. The van der Waals surface area contributed by atoms with Gasteiger partial charge in [0.15, 0.2) is 0 Å². The maximum absolute atomic E-state index is 5.57. The van der Waals surface area contributed by atoms with Gasteiger partial charge in [-0.1, -0.05) is 6.92 Å². The summed E-state index contributed by atoms with van der Waals surface area (Å²) in [6.45, 7) is 5.46. The third-order valence-electron chi connectivity index (χ3n) is 4.02. The minimum atomic E-state index is 0.218. The number of hydrogen-bond donors (Lipinski definition) is 1. The van der Waals surface area contributed by atoms with Crippen LogP contribution in [0.25, 0.3) is 0 Å². The van der Waals surface area contributed by atoms with Crippen molar-refractivity contribution in [3.8, 4) is 11.5 Å². The minimum Gasteiger partial charge on any atom is -0.497 e. The molecule has 112 valence electrons. The highest BCUT2D eigenvalue weighted by Gasteiger charge is 2.39. The zero-order valence-electron chi connectivity index (χ0n) is 12.9. The third-order valence-corrected chi connectivity index (χ3v) is 5.61. The molecule has 4 heteroatoms. The van der Waals surface area contributed by atoms with E-state index < -0.39 is 0 Å². The van der Waals surface area contributed by atoms with Crippen LogP contribution in [0.4, 0.5) is 0 Å². The smallest absolute Gasteiger partial charge is 0.123 e. The van der Waals surface area contributed by atoms with Crippen molar-refractivity contribution < 1.29 is 9.47 Å². The van der Waals surface area contributed by atoms with E-state index in [-0.39, 0.29) is 10.8 Å². The van der Waals surface area contributed by atoms with Crippen LogP contribution in [-0.4, -0.2) is 31.3 Å². The molecule has 0 aliphatic carbocycles. The zero-order valence-corrected chi connectivity index (χ0v) is 13.7. The van der Waals surface area contributed by atoms with Crippen LogP contribution < -0.4 is 14.8 Å². The SMILES string of the molecule is CCNC(c1cc(OC)ccc1OC)C1(C)CCCS1. The Hall–Kier alpha value is -0.870. The molecule has 1 N–H and O–H groups in total. The first-order chi connectivity index (χ1) is 9.64. The average Bonchev–Trinajstić information content (AvgIpc) is 2.91. The topological polar surface area (TPSA) is 30.5 Å². The number of rotatable bonds is 6. The first-order valence-electron chi connectivity index (χ1n) is 7.24. The van der Waals surface area contributed by atoms with Gasteiger partial charge in [0.2, 0.25) is 0 Å². The van der Waals surface area contributed by atoms with Crippen LogP contribution in [0.2, 0.25) is 0 Å². The molecule has 3 nitrogen and oxygen atoms in total. The number of benzene rings is 1. The lowest BCUT2D eigenvalue weighted by Gasteiger charge is -2.35. The Kier molecular flexibility index (Phi) is 5.22. The van der Waals surface area contributed by atoms with Gasteiger partial charge in [0, 0.05) is 10.3 Å². The lowest BCUT2D eigenvalue weighted by Crippen LogP contribution is -2.37. The summed E-state index contributed by atoms with van der Waals surface area (Å²) in [6, 6.07) is 6.35. The Balaban J connectivity index is 2.42. The second-order valence-corrected chi connectivity index (χ2v) is 6.99. The Morgan fingerprint density at radius 3 is 2.70 bits per heavy atom. The van der Waals surface area contributed by atoms with E-state index in [0.29, 0.717) is 0 Å². The van der Waals surface area contributed by atoms with Gasteiger partial charge in [-0.3, -0.25) is 0 Å². The summed E-state index contributed by atoms with van der Waals surface area (Å²) in [6.07, 6.45) is 2.52. The van der Waals surface area contributed by atoms with Gasteiger partial charge < -0.3 is 14.8 Å². The predicted octanol–water partition coefficient (Wildman–Crippen LogP) is 3.64. The molecule has 0 radical (unpaired) electrons. The van der Waals surface area contributed by atoms with E-state index in [4.69, 9.17) is 9.47 Å². The fourth-order valence-electron chi connectivity index (χ4n) is 2.95. The van der Waals surface area contributed by atoms with Gasteiger partial charge in [0.05, 0.1) is 20.3 Å². The number of methoxy groups -OCH3 is 2. The van der Waals surface area contributed by atoms with Crippen LogP contribution in [-0.2, 0) is 0 Å². The summed E-state index contributed by atoms with van der Waals surface area (Å²) in [7, 11) is 3.44. The lowest BCUT2D eigenvalue weighted by atomic mass is 9.89. The molecule has 20 heavy (non-hydrogen) atoms. The maximum Gasteiger partial charge on any atom is 0.123 e. The van der Waals surface area contributed by atoms with Crippen molar-refractivity contribution in [2.45, 2.75) is 37.5 Å². The van der Waals surface area contributed by atoms with Gasteiger partial charge in [0.1, 0.15) is 11.5 Å². The van der Waals surface area contributed by atoms with E-state index >= 15 is 0 Å². The number of hydrogen-bond acceptors (Lipinski definition) is 4. The van der Waals surface area contributed by atoms with Crippen molar-refractivity contribution in [1.29, 1.82) is 0 Å². The maximum atomic E-state index is 5.57. The van der Waals surface area contributed by atoms with Gasteiger partial charge in [-0.15, -0.1) is 0 Å². The lowest BCUT2D eigenvalue weighted by molar-refractivity contribution is 0.369. The van der Waals surface area contributed by atoms with Crippen LogP contribution in [0.15, 0.2) is 18.2 Å². The van der Waals surface area contributed by atoms with Crippen LogP contribution >= 0.6 is 11.8 Å². The number of nitrogens with one attached hydrogen (secondary N) is 1. The summed E-state index contributed by atoms with van der Waals surface area (Å²) in [5.41, 5.74) is 1.20. The summed E-state index contributed by atoms with van der Waals surface area (Å²) in [5, 5.41) is 3.65. The molecule has 1 aromatic carbocycles. The van der Waals surface area contributed by atoms with Crippen LogP contribution in [0, 0.1) is 0 Å². The molecular weight excluding hydrogens is 270 g/mol. The Morgan fingerprint density at radius 2 is 2.15 bits per heavy atom. The highest BCUT2D eigenvalue weighted by atomic mass is 32.2. The molecule has 2 atom stereocenters. The summed E-state index contributed by atoms with van der Waals surface area (Å²) in [4.78, 5) is 0. The summed E-state index contributed by atoms with van der Waals surface area (Å²) >= 11 is 2.06. The fraction of sp³-hybridized carbons (Fsp3) is 0.625. The van der Waals surface area contributed by atoms with E-state index in [2.05, 4.69) is 37.0 Å². The van der Waals surface area contributed by atoms with Gasteiger partial charge in [-0.25, -0.2) is 0 Å². The Bertz CT molecular complexity index is 444. The van der Waals surface area contributed by atoms with Crippen molar-refractivity contribution in [3.63, 3.8) is 0 Å². The summed E-state index contributed by atoms with van der Waals surface area (Å²) < 4.78 is 11.2. The van der Waals surface area contributed by atoms with E-state index in [1.165, 1.54) is 24.2 Å². The molecule has 0 spiro atoms. The Labute approximate surface area is 126 Å². The van der Waals surface area contributed by atoms with Crippen molar-refractivity contribution in [2.75, 3.05) is 26.5 Å². The molecule has 1 saturated heterocycles. The molecule has 1 aromatic rings. The molecule has 0 saturated carbocycles. The quantitative estimate of drug-likeness (QED) is 0.868. The fourth-order valence-corrected chi connectivity index (χ4v) is 4.37. The zero-order chi connectivity index (χ0) is 14.6.